The van der Waals surface area contributed by atoms with E-state index in [4.69, 9.17) is 16.3 Å². The third kappa shape index (κ3) is 8.12. The van der Waals surface area contributed by atoms with Crippen molar-refractivity contribution in [3.63, 3.8) is 0 Å². The Morgan fingerprint density at radius 2 is 1.71 bits per heavy atom. The Hall–Kier alpha value is -2.40. The fraction of sp³-hybridized carbons (Fsp3) is 0.414. The van der Waals surface area contributed by atoms with Crippen molar-refractivity contribution in [3.8, 4) is 5.75 Å². The van der Waals surface area contributed by atoms with Crippen LogP contribution in [-0.4, -0.2) is 42.7 Å². The van der Waals surface area contributed by atoms with Gasteiger partial charge in [-0.2, -0.15) is 0 Å². The summed E-state index contributed by atoms with van der Waals surface area (Å²) < 4.78 is 5.91. The van der Waals surface area contributed by atoms with Crippen LogP contribution in [0.4, 0.5) is 0 Å². The Labute approximate surface area is 210 Å². The highest BCUT2D eigenvalue weighted by Crippen LogP contribution is 2.24. The molecule has 1 fully saturated rings. The summed E-state index contributed by atoms with van der Waals surface area (Å²) in [4.78, 5) is 7.11. The third-order valence-electron chi connectivity index (χ3n) is 6.20. The molecule has 1 aliphatic rings. The van der Waals surface area contributed by atoms with E-state index >= 15 is 0 Å². The lowest BCUT2D eigenvalue weighted by molar-refractivity contribution is 0.153. The number of hydrogen-bond acceptors (Lipinski definition) is 4. The second kappa shape index (κ2) is 14.1. The third-order valence-corrected chi connectivity index (χ3v) is 6.45. The molecule has 1 unspecified atom stereocenters. The van der Waals surface area contributed by atoms with E-state index in [1.807, 2.05) is 56.4 Å². The van der Waals surface area contributed by atoms with Gasteiger partial charge in [0.1, 0.15) is 12.4 Å². The number of pyridine rings is 1. The van der Waals surface area contributed by atoms with E-state index in [1.165, 1.54) is 24.0 Å². The van der Waals surface area contributed by atoms with E-state index in [1.54, 1.807) is 0 Å². The number of likely N-dealkylation sites (tertiary alicyclic amines) is 1. The molecule has 4 nitrogen and oxygen atoms in total. The Morgan fingerprint density at radius 3 is 2.35 bits per heavy atom. The van der Waals surface area contributed by atoms with E-state index in [2.05, 4.69) is 52.5 Å². The highest BCUT2D eigenvalue weighted by Gasteiger charge is 2.22. The summed E-state index contributed by atoms with van der Waals surface area (Å²) in [6, 6.07) is 22.5. The number of halogens is 1. The molecule has 2 aromatic carbocycles. The normalized spacial score (nSPS) is 15.3. The molecule has 1 aliphatic heterocycles. The number of piperidine rings is 1. The van der Waals surface area contributed by atoms with Crippen LogP contribution in [0.3, 0.4) is 0 Å². The zero-order valence-electron chi connectivity index (χ0n) is 20.7. The Balaban J connectivity index is 0.00000158. The van der Waals surface area contributed by atoms with Crippen molar-refractivity contribution < 1.29 is 4.74 Å². The molecule has 1 N–H and O–H groups in total. The van der Waals surface area contributed by atoms with Crippen LogP contribution in [0.5, 0.6) is 5.75 Å². The minimum absolute atomic E-state index is 0.0782. The minimum atomic E-state index is 0.0782. The average Bonchev–Trinajstić information content (AvgIpc) is 2.89. The van der Waals surface area contributed by atoms with Gasteiger partial charge in [0.25, 0.3) is 0 Å². The average molecular weight is 480 g/mol. The number of benzene rings is 2. The lowest BCUT2D eigenvalue weighted by Crippen LogP contribution is -2.40. The van der Waals surface area contributed by atoms with Crippen LogP contribution < -0.4 is 10.1 Å². The molecule has 1 atom stereocenters. The molecule has 0 spiro atoms. The van der Waals surface area contributed by atoms with Crippen LogP contribution >= 0.6 is 11.6 Å². The maximum atomic E-state index is 6.10. The van der Waals surface area contributed by atoms with E-state index in [-0.39, 0.29) is 6.04 Å². The van der Waals surface area contributed by atoms with Gasteiger partial charge in [-0.15, -0.1) is 0 Å². The van der Waals surface area contributed by atoms with Crippen LogP contribution in [0.15, 0.2) is 72.9 Å². The molecular weight excluding hydrogens is 442 g/mol. The molecule has 0 amide bonds. The Kier molecular flexibility index (Phi) is 10.9. The SMILES string of the molecule is CC.Cc1ccc(OCCN2CCC(CNC(c3ccc(Cl)cc3)c3ccccn3)CC2)cc1. The monoisotopic (exact) mass is 479 g/mol. The summed E-state index contributed by atoms with van der Waals surface area (Å²) in [6.45, 7) is 11.0. The second-order valence-electron chi connectivity index (χ2n) is 8.59. The standard InChI is InChI=1S/C27H32ClN3O.C2H6/c1-21-5-11-25(12-6-21)32-19-18-31-16-13-22(14-17-31)20-30-27(26-4-2-3-15-29-26)23-7-9-24(28)10-8-23;1-2/h2-12,15,22,27,30H,13-14,16-20H2,1H3;1-2H3. The molecule has 0 bridgehead atoms. The number of aryl methyl sites for hydroxylation is 1. The van der Waals surface area contributed by atoms with E-state index in [0.717, 1.165) is 49.3 Å². The van der Waals surface area contributed by atoms with Crippen molar-refractivity contribution in [1.82, 2.24) is 15.2 Å². The van der Waals surface area contributed by atoms with Crippen molar-refractivity contribution in [3.05, 3.63) is 94.8 Å². The number of ether oxygens (including phenoxy) is 1. The quantitative estimate of drug-likeness (QED) is 0.378. The molecule has 34 heavy (non-hydrogen) atoms. The van der Waals surface area contributed by atoms with Crippen molar-refractivity contribution in [2.24, 2.45) is 5.92 Å². The van der Waals surface area contributed by atoms with Gasteiger partial charge in [0.15, 0.2) is 0 Å². The Bertz CT molecular complexity index is 939. The predicted octanol–water partition coefficient (Wildman–Crippen LogP) is 6.54. The van der Waals surface area contributed by atoms with Crippen LogP contribution in [0.1, 0.15) is 49.6 Å². The summed E-state index contributed by atoms with van der Waals surface area (Å²) >= 11 is 6.10. The smallest absolute Gasteiger partial charge is 0.119 e. The summed E-state index contributed by atoms with van der Waals surface area (Å²) in [5, 5.41) is 4.53. The van der Waals surface area contributed by atoms with Crippen molar-refractivity contribution in [2.75, 3.05) is 32.8 Å². The van der Waals surface area contributed by atoms with Gasteiger partial charge in [0.05, 0.1) is 11.7 Å². The van der Waals surface area contributed by atoms with Gasteiger partial charge in [-0.05, 0) is 87.3 Å². The zero-order valence-corrected chi connectivity index (χ0v) is 21.5. The lowest BCUT2D eigenvalue weighted by atomic mass is 9.95. The number of rotatable bonds is 9. The van der Waals surface area contributed by atoms with Crippen LogP contribution in [0, 0.1) is 12.8 Å². The van der Waals surface area contributed by atoms with Gasteiger partial charge >= 0.3 is 0 Å². The van der Waals surface area contributed by atoms with Gasteiger partial charge in [0, 0.05) is 17.8 Å². The van der Waals surface area contributed by atoms with Gasteiger partial charge < -0.3 is 10.1 Å². The first-order chi connectivity index (χ1) is 16.7. The van der Waals surface area contributed by atoms with E-state index < -0.39 is 0 Å². The summed E-state index contributed by atoms with van der Waals surface area (Å²) in [6.07, 6.45) is 4.26. The molecule has 5 heteroatoms. The van der Waals surface area contributed by atoms with E-state index in [0.29, 0.717) is 5.92 Å². The first-order valence-electron chi connectivity index (χ1n) is 12.5. The first kappa shape index (κ1) is 26.2. The van der Waals surface area contributed by atoms with Crippen molar-refractivity contribution in [1.29, 1.82) is 0 Å². The summed E-state index contributed by atoms with van der Waals surface area (Å²) in [7, 11) is 0. The molecule has 2 heterocycles. The molecule has 0 aliphatic carbocycles. The van der Waals surface area contributed by atoms with Gasteiger partial charge in [0.2, 0.25) is 0 Å². The largest absolute Gasteiger partial charge is 0.492 e. The number of nitrogens with one attached hydrogen (secondary N) is 1. The molecule has 4 rings (SSSR count). The molecule has 3 aromatic rings. The fourth-order valence-corrected chi connectivity index (χ4v) is 4.35. The molecule has 182 valence electrons. The molecular formula is C29H38ClN3O. The molecule has 1 saturated heterocycles. The molecule has 1 aromatic heterocycles. The second-order valence-corrected chi connectivity index (χ2v) is 9.03. The van der Waals surface area contributed by atoms with Crippen molar-refractivity contribution in [2.45, 2.75) is 39.7 Å². The predicted molar refractivity (Wildman–Crippen MR) is 143 cm³/mol. The number of hydrogen-bond donors (Lipinski definition) is 1. The molecule has 0 radical (unpaired) electrons. The summed E-state index contributed by atoms with van der Waals surface area (Å²) in [5.74, 6) is 1.63. The highest BCUT2D eigenvalue weighted by atomic mass is 35.5. The highest BCUT2D eigenvalue weighted by molar-refractivity contribution is 6.30. The zero-order chi connectivity index (χ0) is 24.2. The van der Waals surface area contributed by atoms with E-state index in [9.17, 15) is 0 Å². The lowest BCUT2D eigenvalue weighted by Gasteiger charge is -2.33. The minimum Gasteiger partial charge on any atom is -0.492 e. The van der Waals surface area contributed by atoms with Gasteiger partial charge in [-0.25, -0.2) is 0 Å². The Morgan fingerprint density at radius 1 is 1.00 bits per heavy atom. The van der Waals surface area contributed by atoms with Crippen LogP contribution in [0.2, 0.25) is 5.02 Å². The molecule has 0 saturated carbocycles. The maximum absolute atomic E-state index is 6.10. The van der Waals surface area contributed by atoms with Crippen LogP contribution in [0.25, 0.3) is 0 Å². The van der Waals surface area contributed by atoms with Gasteiger partial charge in [-0.3, -0.25) is 9.88 Å². The van der Waals surface area contributed by atoms with Crippen LogP contribution in [-0.2, 0) is 0 Å². The fourth-order valence-electron chi connectivity index (χ4n) is 4.22. The van der Waals surface area contributed by atoms with Gasteiger partial charge in [-0.1, -0.05) is 61.3 Å². The maximum Gasteiger partial charge on any atom is 0.119 e. The number of aromatic nitrogens is 1. The summed E-state index contributed by atoms with van der Waals surface area (Å²) in [5.41, 5.74) is 3.49. The number of nitrogens with zero attached hydrogens (tertiary/aromatic N) is 2. The topological polar surface area (TPSA) is 37.4 Å². The van der Waals surface area contributed by atoms with Crippen molar-refractivity contribution >= 4 is 11.6 Å². The first-order valence-corrected chi connectivity index (χ1v) is 12.9.